The fraction of sp³-hybridized carbons (Fsp3) is 0.769. The quantitative estimate of drug-likeness (QED) is 0.191. The molecule has 0 aromatic heterocycles. The second-order valence-electron chi connectivity index (χ2n) is 9.82. The van der Waals surface area contributed by atoms with Crippen molar-refractivity contribution in [2.75, 3.05) is 0 Å². The summed E-state index contributed by atoms with van der Waals surface area (Å²) in [6.07, 6.45) is 16.5. The minimum atomic E-state index is -3.38. The van der Waals surface area contributed by atoms with Gasteiger partial charge in [-0.2, -0.15) is 8.78 Å². The lowest BCUT2D eigenvalue weighted by atomic mass is 9.77. The molecule has 2 saturated carbocycles. The molecule has 0 radical (unpaired) electrons. The molecule has 0 heterocycles. The van der Waals surface area contributed by atoms with E-state index in [0.29, 0.717) is 23.5 Å². The maximum absolute atomic E-state index is 13.9. The van der Waals surface area contributed by atoms with Crippen LogP contribution >= 0.6 is 24.1 Å². The SMILES string of the molecule is CCCCCC(C)c1cc(C2CCCCC2)c(OSC(F)(F)SO)c(C2CCCCC2)c1. The molecule has 2 fully saturated rings. The van der Waals surface area contributed by atoms with Crippen LogP contribution in [0.2, 0.25) is 0 Å². The minimum absolute atomic E-state index is 0.0989. The number of unbranched alkanes of at least 4 members (excludes halogenated alkanes) is 2. The first kappa shape index (κ1) is 26.2. The number of hydrogen-bond donors (Lipinski definition) is 1. The highest BCUT2D eigenvalue weighted by atomic mass is 32.2. The molecule has 1 aromatic rings. The average molecular weight is 487 g/mol. The predicted octanol–water partition coefficient (Wildman–Crippen LogP) is 10.2. The summed E-state index contributed by atoms with van der Waals surface area (Å²) in [6.45, 7) is 4.55. The van der Waals surface area contributed by atoms with Gasteiger partial charge in [-0.05, 0) is 66.5 Å². The standard InChI is InChI=1S/C26H40F2O2S2/c1-3-4-7-12-19(2)22-17-23(20-13-8-5-9-14-20)25(30-32-26(27,28)31-29)24(18-22)21-15-10-6-11-16-21/h17-21,29H,3-16H2,1-2H3. The largest absolute Gasteiger partial charge is 0.418 e. The Morgan fingerprint density at radius 3 is 1.97 bits per heavy atom. The fourth-order valence-corrected chi connectivity index (χ4v) is 6.08. The average Bonchev–Trinajstić information content (AvgIpc) is 2.83. The second kappa shape index (κ2) is 12.9. The summed E-state index contributed by atoms with van der Waals surface area (Å²) in [6, 6.07) is 4.55. The minimum Gasteiger partial charge on any atom is -0.418 e. The second-order valence-corrected chi connectivity index (χ2v) is 11.6. The van der Waals surface area contributed by atoms with Crippen molar-refractivity contribution in [3.63, 3.8) is 0 Å². The Morgan fingerprint density at radius 1 is 0.969 bits per heavy atom. The number of halogens is 2. The zero-order valence-corrected chi connectivity index (χ0v) is 21.3. The van der Waals surface area contributed by atoms with Gasteiger partial charge in [0.25, 0.3) is 0 Å². The fourth-order valence-electron chi connectivity index (χ4n) is 5.49. The Kier molecular flexibility index (Phi) is 10.5. The first-order valence-electron chi connectivity index (χ1n) is 12.7. The van der Waals surface area contributed by atoms with Crippen molar-refractivity contribution in [1.82, 2.24) is 0 Å². The van der Waals surface area contributed by atoms with Gasteiger partial charge in [-0.15, -0.1) is 0 Å². The van der Waals surface area contributed by atoms with Crippen LogP contribution in [0.25, 0.3) is 0 Å². The van der Waals surface area contributed by atoms with Crippen LogP contribution in [-0.4, -0.2) is 9.14 Å². The summed E-state index contributed by atoms with van der Waals surface area (Å²) in [4.78, 5) is 0. The highest BCUT2D eigenvalue weighted by molar-refractivity contribution is 8.13. The molecule has 1 unspecified atom stereocenters. The van der Waals surface area contributed by atoms with E-state index in [-0.39, 0.29) is 12.0 Å². The molecule has 2 aliphatic carbocycles. The van der Waals surface area contributed by atoms with Gasteiger partial charge in [-0.1, -0.05) is 83.8 Å². The number of rotatable bonds is 11. The molecular formula is C26H40F2O2S2. The van der Waals surface area contributed by atoms with Crippen LogP contribution in [0.5, 0.6) is 5.75 Å². The molecule has 0 saturated heterocycles. The van der Waals surface area contributed by atoms with E-state index in [2.05, 4.69) is 26.0 Å². The molecule has 1 atom stereocenters. The summed E-state index contributed by atoms with van der Waals surface area (Å²) in [5.74, 6) is 1.88. The third-order valence-electron chi connectivity index (χ3n) is 7.40. The van der Waals surface area contributed by atoms with Gasteiger partial charge in [-0.25, -0.2) is 0 Å². The summed E-state index contributed by atoms with van der Waals surface area (Å²) >= 11 is -0.348. The first-order chi connectivity index (χ1) is 15.4. The van der Waals surface area contributed by atoms with Gasteiger partial charge in [0.15, 0.2) is 0 Å². The molecule has 32 heavy (non-hydrogen) atoms. The molecule has 2 aliphatic rings. The molecule has 0 spiro atoms. The lowest BCUT2D eigenvalue weighted by Gasteiger charge is -2.31. The smallest absolute Gasteiger partial charge is 0.400 e. The van der Waals surface area contributed by atoms with Gasteiger partial charge in [-0.3, -0.25) is 0 Å². The topological polar surface area (TPSA) is 29.5 Å². The van der Waals surface area contributed by atoms with Gasteiger partial charge in [0.2, 0.25) is 0 Å². The van der Waals surface area contributed by atoms with Crippen molar-refractivity contribution in [1.29, 1.82) is 0 Å². The van der Waals surface area contributed by atoms with E-state index in [1.807, 2.05) is 0 Å². The molecule has 0 aliphatic heterocycles. The molecule has 0 bridgehead atoms. The molecular weight excluding hydrogens is 446 g/mol. The van der Waals surface area contributed by atoms with Crippen molar-refractivity contribution in [3.05, 3.63) is 28.8 Å². The molecule has 2 nitrogen and oxygen atoms in total. The Hall–Kier alpha value is -0.460. The number of alkyl halides is 2. The van der Waals surface area contributed by atoms with Gasteiger partial charge in [0.05, 0.1) is 12.0 Å². The predicted molar refractivity (Wildman–Crippen MR) is 134 cm³/mol. The Labute approximate surface area is 202 Å². The maximum atomic E-state index is 13.9. The molecule has 0 amide bonds. The van der Waals surface area contributed by atoms with Gasteiger partial charge in [0.1, 0.15) is 17.8 Å². The third kappa shape index (κ3) is 7.27. The van der Waals surface area contributed by atoms with E-state index >= 15 is 0 Å². The Balaban J connectivity index is 2.00. The van der Waals surface area contributed by atoms with Crippen LogP contribution < -0.4 is 4.18 Å². The lowest BCUT2D eigenvalue weighted by molar-refractivity contribution is 0.197. The number of hydrogen-bond acceptors (Lipinski definition) is 4. The normalized spacial score (nSPS) is 19.8. The van der Waals surface area contributed by atoms with E-state index in [1.54, 1.807) is 0 Å². The molecule has 3 rings (SSSR count). The van der Waals surface area contributed by atoms with E-state index < -0.39 is 16.6 Å². The van der Waals surface area contributed by atoms with Crippen molar-refractivity contribution in [2.45, 2.75) is 126 Å². The van der Waals surface area contributed by atoms with Gasteiger partial charge in [0, 0.05) is 0 Å². The van der Waals surface area contributed by atoms with E-state index in [4.69, 9.17) is 8.74 Å². The van der Waals surface area contributed by atoms with E-state index in [9.17, 15) is 8.78 Å². The first-order valence-corrected chi connectivity index (χ1v) is 14.2. The maximum Gasteiger partial charge on any atom is 0.400 e. The highest BCUT2D eigenvalue weighted by Gasteiger charge is 2.35. The van der Waals surface area contributed by atoms with Crippen molar-refractivity contribution in [3.8, 4) is 5.75 Å². The van der Waals surface area contributed by atoms with Crippen molar-refractivity contribution >= 4 is 24.1 Å². The Morgan fingerprint density at radius 2 is 1.50 bits per heavy atom. The number of benzene rings is 1. The van der Waals surface area contributed by atoms with E-state index in [0.717, 1.165) is 43.2 Å². The molecule has 6 heteroatoms. The molecule has 182 valence electrons. The third-order valence-corrected chi connectivity index (χ3v) is 8.48. The zero-order valence-electron chi connectivity index (χ0n) is 19.7. The molecule has 1 aromatic carbocycles. The van der Waals surface area contributed by atoms with E-state index in [1.165, 1.54) is 63.4 Å². The van der Waals surface area contributed by atoms with Gasteiger partial charge >= 0.3 is 4.59 Å². The van der Waals surface area contributed by atoms with Crippen LogP contribution in [0.15, 0.2) is 12.1 Å². The lowest BCUT2D eigenvalue weighted by Crippen LogP contribution is -2.14. The monoisotopic (exact) mass is 486 g/mol. The Bertz CT molecular complexity index is 662. The molecule has 1 N–H and O–H groups in total. The summed E-state index contributed by atoms with van der Waals surface area (Å²) in [5, 5.41) is 0. The van der Waals surface area contributed by atoms with Crippen molar-refractivity contribution < 1.29 is 17.5 Å². The summed E-state index contributed by atoms with van der Waals surface area (Å²) in [7, 11) is 0. The van der Waals surface area contributed by atoms with Crippen LogP contribution in [-0.2, 0) is 0 Å². The van der Waals surface area contributed by atoms with Gasteiger partial charge < -0.3 is 8.74 Å². The van der Waals surface area contributed by atoms with Crippen molar-refractivity contribution in [2.24, 2.45) is 0 Å². The summed E-state index contributed by atoms with van der Waals surface area (Å²) in [5.41, 5.74) is 3.62. The highest BCUT2D eigenvalue weighted by Crippen LogP contribution is 2.49. The van der Waals surface area contributed by atoms with Crippen LogP contribution in [0.1, 0.15) is 138 Å². The zero-order chi connectivity index (χ0) is 23.0. The van der Waals surface area contributed by atoms with Crippen LogP contribution in [0.3, 0.4) is 0 Å². The van der Waals surface area contributed by atoms with Crippen LogP contribution in [0, 0.1) is 0 Å². The summed E-state index contributed by atoms with van der Waals surface area (Å²) < 4.78 is 39.3. The van der Waals surface area contributed by atoms with Crippen LogP contribution in [0.4, 0.5) is 8.78 Å².